The number of carbonyl (C=O) groups is 1. The Hall–Kier alpha value is -0.610. The molecule has 0 aliphatic heterocycles. The van der Waals surface area contributed by atoms with Crippen LogP contribution in [0.1, 0.15) is 32.6 Å². The van der Waals surface area contributed by atoms with Crippen LogP contribution in [0.5, 0.6) is 0 Å². The number of hydrogen-bond donors (Lipinski definition) is 1. The number of esters is 1. The molecule has 16 heavy (non-hydrogen) atoms. The maximum Gasteiger partial charge on any atom is 0.320 e. The average molecular weight is 229 g/mol. The molecule has 94 valence electrons. The van der Waals surface area contributed by atoms with E-state index in [2.05, 4.69) is 6.92 Å². The van der Waals surface area contributed by atoms with E-state index in [1.54, 1.807) is 0 Å². The summed E-state index contributed by atoms with van der Waals surface area (Å²) in [6.45, 7) is 3.84. The third-order valence-corrected chi connectivity index (χ3v) is 2.94. The van der Waals surface area contributed by atoms with E-state index in [4.69, 9.17) is 9.84 Å². The van der Waals surface area contributed by atoms with Crippen LogP contribution in [0.2, 0.25) is 0 Å². The van der Waals surface area contributed by atoms with Gasteiger partial charge >= 0.3 is 5.97 Å². The van der Waals surface area contributed by atoms with Crippen molar-refractivity contribution in [2.75, 3.05) is 26.7 Å². The largest absolute Gasteiger partial charge is 0.465 e. The van der Waals surface area contributed by atoms with Gasteiger partial charge < -0.3 is 9.84 Å². The molecule has 1 aliphatic rings. The minimum absolute atomic E-state index is 0.116. The van der Waals surface area contributed by atoms with Crippen molar-refractivity contribution in [3.63, 3.8) is 0 Å². The molecule has 4 nitrogen and oxygen atoms in total. The Morgan fingerprint density at radius 2 is 2.19 bits per heavy atom. The molecule has 0 atom stereocenters. The molecule has 1 N–H and O–H groups in total. The second-order valence-corrected chi connectivity index (χ2v) is 4.76. The maximum absolute atomic E-state index is 11.4. The van der Waals surface area contributed by atoms with Gasteiger partial charge in [0.25, 0.3) is 0 Å². The third-order valence-electron chi connectivity index (χ3n) is 2.94. The number of rotatable bonds is 7. The summed E-state index contributed by atoms with van der Waals surface area (Å²) in [5.41, 5.74) is 0. The van der Waals surface area contributed by atoms with E-state index in [-0.39, 0.29) is 12.1 Å². The van der Waals surface area contributed by atoms with Crippen LogP contribution in [0.4, 0.5) is 0 Å². The van der Waals surface area contributed by atoms with E-state index in [9.17, 15) is 4.79 Å². The van der Waals surface area contributed by atoms with Crippen molar-refractivity contribution in [1.82, 2.24) is 4.90 Å². The van der Waals surface area contributed by atoms with E-state index in [1.165, 1.54) is 0 Å². The molecule has 1 saturated carbocycles. The molecule has 0 aromatic heterocycles. The summed E-state index contributed by atoms with van der Waals surface area (Å²) < 4.78 is 5.08. The molecule has 1 rings (SSSR count). The van der Waals surface area contributed by atoms with Crippen molar-refractivity contribution >= 4 is 5.97 Å². The van der Waals surface area contributed by atoms with Crippen LogP contribution in [0.25, 0.3) is 0 Å². The number of carbonyl (C=O) groups excluding carboxylic acids is 1. The molecule has 0 heterocycles. The summed E-state index contributed by atoms with van der Waals surface area (Å²) >= 11 is 0. The summed E-state index contributed by atoms with van der Waals surface area (Å²) in [5, 5.41) is 9.15. The summed E-state index contributed by atoms with van der Waals surface area (Å²) in [6.07, 6.45) is 3.60. The van der Waals surface area contributed by atoms with E-state index in [1.807, 2.05) is 11.9 Å². The van der Waals surface area contributed by atoms with Gasteiger partial charge in [0.05, 0.1) is 19.3 Å². The molecule has 0 spiro atoms. The topological polar surface area (TPSA) is 49.8 Å². The highest BCUT2D eigenvalue weighted by molar-refractivity contribution is 5.71. The lowest BCUT2D eigenvalue weighted by Crippen LogP contribution is -2.39. The lowest BCUT2D eigenvalue weighted by atomic mass is 9.82. The molecule has 1 aliphatic carbocycles. The molecule has 0 radical (unpaired) electrons. The first-order valence-corrected chi connectivity index (χ1v) is 6.14. The van der Waals surface area contributed by atoms with Crippen molar-refractivity contribution in [3.8, 4) is 0 Å². The molecule has 0 saturated heterocycles. The molecular weight excluding hydrogens is 206 g/mol. The Bertz CT molecular complexity index is 214. The Labute approximate surface area is 97.6 Å². The lowest BCUT2D eigenvalue weighted by molar-refractivity contribution is -0.145. The normalized spacial score (nSPS) is 24.2. The minimum atomic E-state index is -0.143. The van der Waals surface area contributed by atoms with Crippen LogP contribution >= 0.6 is 0 Å². The number of likely N-dealkylation sites (N-methyl/N-ethyl adjacent to an activating group) is 1. The fourth-order valence-electron chi connectivity index (χ4n) is 1.95. The smallest absolute Gasteiger partial charge is 0.320 e. The molecule has 1 fully saturated rings. The lowest BCUT2D eigenvalue weighted by Gasteiger charge is -2.34. The summed E-state index contributed by atoms with van der Waals surface area (Å²) in [4.78, 5) is 13.3. The predicted octanol–water partition coefficient (Wildman–Crippen LogP) is 1.03. The van der Waals surface area contributed by atoms with Gasteiger partial charge in [0, 0.05) is 6.54 Å². The second-order valence-electron chi connectivity index (χ2n) is 4.76. The van der Waals surface area contributed by atoms with Crippen molar-refractivity contribution in [1.29, 1.82) is 0 Å². The van der Waals surface area contributed by atoms with Gasteiger partial charge in [0.2, 0.25) is 0 Å². The molecule has 0 bridgehead atoms. The molecule has 0 aromatic rings. The van der Waals surface area contributed by atoms with Gasteiger partial charge in [-0.1, -0.05) is 13.3 Å². The zero-order valence-electron chi connectivity index (χ0n) is 10.3. The van der Waals surface area contributed by atoms with Gasteiger partial charge in [-0.25, -0.2) is 0 Å². The van der Waals surface area contributed by atoms with Crippen molar-refractivity contribution < 1.29 is 14.6 Å². The average Bonchev–Trinajstić information content (AvgIpc) is 2.15. The van der Waals surface area contributed by atoms with Gasteiger partial charge in [-0.15, -0.1) is 0 Å². The highest BCUT2D eigenvalue weighted by Gasteiger charge is 2.28. The summed E-state index contributed by atoms with van der Waals surface area (Å²) in [7, 11) is 1.92. The van der Waals surface area contributed by atoms with E-state index in [0.717, 1.165) is 32.2 Å². The first-order chi connectivity index (χ1) is 7.61. The predicted molar refractivity (Wildman–Crippen MR) is 62.1 cm³/mol. The van der Waals surface area contributed by atoms with Crippen LogP contribution < -0.4 is 0 Å². The van der Waals surface area contributed by atoms with Crippen molar-refractivity contribution in [2.45, 2.75) is 38.7 Å². The zero-order valence-corrected chi connectivity index (χ0v) is 10.3. The van der Waals surface area contributed by atoms with Crippen LogP contribution in [0.15, 0.2) is 0 Å². The van der Waals surface area contributed by atoms with Crippen LogP contribution in [-0.4, -0.2) is 48.8 Å². The maximum atomic E-state index is 11.4. The second kappa shape index (κ2) is 6.86. The molecule has 0 amide bonds. The fraction of sp³-hybridized carbons (Fsp3) is 0.917. The summed E-state index contributed by atoms with van der Waals surface area (Å²) in [5.74, 6) is 0.402. The van der Waals surface area contributed by atoms with Crippen LogP contribution in [0.3, 0.4) is 0 Å². The molecule has 4 heteroatoms. The van der Waals surface area contributed by atoms with Gasteiger partial charge in [-0.2, -0.15) is 0 Å². The quantitative estimate of drug-likeness (QED) is 0.523. The van der Waals surface area contributed by atoms with Gasteiger partial charge in [0.15, 0.2) is 0 Å². The number of ether oxygens (including phenoxy) is 1. The first kappa shape index (κ1) is 13.5. The molecule has 0 aromatic carbocycles. The fourth-order valence-corrected chi connectivity index (χ4v) is 1.95. The van der Waals surface area contributed by atoms with E-state index in [0.29, 0.717) is 19.1 Å². The number of aliphatic hydroxyl groups is 1. The SMILES string of the molecule is CCCCOC(=O)CN(C)CC1CC(O)C1. The number of unbranched alkanes of at least 4 members (excludes halogenated alkanes) is 1. The zero-order chi connectivity index (χ0) is 12.0. The number of hydrogen-bond acceptors (Lipinski definition) is 4. The molecular formula is C12H23NO3. The highest BCUT2D eigenvalue weighted by Crippen LogP contribution is 2.27. The van der Waals surface area contributed by atoms with Crippen molar-refractivity contribution in [3.05, 3.63) is 0 Å². The monoisotopic (exact) mass is 229 g/mol. The number of aliphatic hydroxyl groups excluding tert-OH is 1. The minimum Gasteiger partial charge on any atom is -0.465 e. The highest BCUT2D eigenvalue weighted by atomic mass is 16.5. The first-order valence-electron chi connectivity index (χ1n) is 6.14. The van der Waals surface area contributed by atoms with E-state index < -0.39 is 0 Å². The standard InChI is InChI=1S/C12H23NO3/c1-3-4-5-16-12(15)9-13(2)8-10-6-11(14)7-10/h10-11,14H,3-9H2,1-2H3. The van der Waals surface area contributed by atoms with Crippen LogP contribution in [0, 0.1) is 5.92 Å². The Morgan fingerprint density at radius 3 is 2.75 bits per heavy atom. The van der Waals surface area contributed by atoms with Crippen molar-refractivity contribution in [2.24, 2.45) is 5.92 Å². The van der Waals surface area contributed by atoms with Gasteiger partial charge in [-0.05, 0) is 32.2 Å². The Balaban J connectivity index is 2.04. The van der Waals surface area contributed by atoms with Gasteiger partial charge in [-0.3, -0.25) is 9.69 Å². The van der Waals surface area contributed by atoms with Gasteiger partial charge in [0.1, 0.15) is 0 Å². The molecule has 0 unspecified atom stereocenters. The number of nitrogens with zero attached hydrogens (tertiary/aromatic N) is 1. The van der Waals surface area contributed by atoms with Crippen LogP contribution in [-0.2, 0) is 9.53 Å². The summed E-state index contributed by atoms with van der Waals surface area (Å²) in [6, 6.07) is 0. The Kier molecular flexibility index (Phi) is 5.77. The Morgan fingerprint density at radius 1 is 1.50 bits per heavy atom. The third kappa shape index (κ3) is 4.94. The van der Waals surface area contributed by atoms with E-state index >= 15 is 0 Å².